The molecule has 0 saturated carbocycles. The van der Waals surface area contributed by atoms with Gasteiger partial charge < -0.3 is 24.2 Å². The van der Waals surface area contributed by atoms with Crippen LogP contribution in [0.2, 0.25) is 0 Å². The van der Waals surface area contributed by atoms with Crippen LogP contribution in [0, 0.1) is 12.8 Å². The van der Waals surface area contributed by atoms with Crippen LogP contribution in [0.25, 0.3) is 0 Å². The van der Waals surface area contributed by atoms with Crippen LogP contribution in [-0.4, -0.2) is 60.0 Å². The first-order chi connectivity index (χ1) is 13.0. The summed E-state index contributed by atoms with van der Waals surface area (Å²) in [7, 11) is 0. The Labute approximate surface area is 158 Å². The van der Waals surface area contributed by atoms with Gasteiger partial charge in [-0.15, -0.1) is 0 Å². The third-order valence-corrected chi connectivity index (χ3v) is 3.99. The predicted octanol–water partition coefficient (Wildman–Crippen LogP) is 2.26. The van der Waals surface area contributed by atoms with Crippen molar-refractivity contribution >= 4 is 23.8 Å². The second kappa shape index (κ2) is 8.93. The molecule has 2 heterocycles. The second-order valence-electron chi connectivity index (χ2n) is 6.32. The normalized spacial score (nSPS) is 16.4. The van der Waals surface area contributed by atoms with Gasteiger partial charge in [0.25, 0.3) is 5.91 Å². The lowest BCUT2D eigenvalue weighted by Gasteiger charge is -2.30. The van der Waals surface area contributed by atoms with Crippen molar-refractivity contribution in [2.24, 2.45) is 5.92 Å². The van der Waals surface area contributed by atoms with E-state index in [1.54, 1.807) is 6.92 Å². The molecule has 0 aliphatic carbocycles. The molecule has 1 atom stereocenters. The van der Waals surface area contributed by atoms with Gasteiger partial charge in [-0.3, -0.25) is 9.59 Å². The van der Waals surface area contributed by atoms with Gasteiger partial charge in [-0.05, 0) is 26.7 Å². The molecule has 0 spiro atoms. The summed E-state index contributed by atoms with van der Waals surface area (Å²) in [5.41, 5.74) is 0. The lowest BCUT2D eigenvalue weighted by molar-refractivity contribution is -0.163. The van der Waals surface area contributed by atoms with E-state index in [0.29, 0.717) is 5.76 Å². The summed E-state index contributed by atoms with van der Waals surface area (Å²) < 4.78 is 50.3. The molecule has 0 unspecified atom stereocenters. The van der Waals surface area contributed by atoms with Gasteiger partial charge in [0.2, 0.25) is 0 Å². The van der Waals surface area contributed by atoms with E-state index in [1.807, 2.05) is 0 Å². The fraction of sp³-hybridized carbons (Fsp3) is 0.625. The van der Waals surface area contributed by atoms with Crippen LogP contribution >= 0.6 is 0 Å². The van der Waals surface area contributed by atoms with E-state index >= 15 is 0 Å². The molecule has 28 heavy (non-hydrogen) atoms. The second-order valence-corrected chi connectivity index (χ2v) is 6.32. The zero-order valence-corrected chi connectivity index (χ0v) is 15.2. The minimum absolute atomic E-state index is 0.0508. The minimum Gasteiger partial charge on any atom is -0.452 e. The van der Waals surface area contributed by atoms with Gasteiger partial charge in [0, 0.05) is 19.2 Å². The summed E-state index contributed by atoms with van der Waals surface area (Å²) in [5, 5.41) is 6.03. The maximum Gasteiger partial charge on any atom is 0.422 e. The number of aromatic nitrogens is 1. The van der Waals surface area contributed by atoms with Crippen molar-refractivity contribution in [2.75, 3.05) is 25.0 Å². The molecule has 2 amide bonds. The summed E-state index contributed by atoms with van der Waals surface area (Å²) in [6, 6.07) is 1.50. The quantitative estimate of drug-likeness (QED) is 0.746. The Bertz CT molecular complexity index is 713. The van der Waals surface area contributed by atoms with Crippen LogP contribution in [0.3, 0.4) is 0 Å². The largest absolute Gasteiger partial charge is 0.452 e. The number of hydrogen-bond acceptors (Lipinski definition) is 7. The lowest BCUT2D eigenvalue weighted by Crippen LogP contribution is -2.42. The van der Waals surface area contributed by atoms with Gasteiger partial charge >= 0.3 is 18.2 Å². The Morgan fingerprint density at radius 2 is 2.00 bits per heavy atom. The summed E-state index contributed by atoms with van der Waals surface area (Å²) in [5.74, 6) is -1.09. The van der Waals surface area contributed by atoms with E-state index in [9.17, 15) is 27.6 Å². The number of aryl methyl sites for hydroxylation is 1. The molecule has 1 aromatic rings. The molecule has 1 aliphatic heterocycles. The van der Waals surface area contributed by atoms with E-state index < -0.39 is 42.8 Å². The van der Waals surface area contributed by atoms with Gasteiger partial charge in [-0.25, -0.2) is 4.79 Å². The molecule has 2 rings (SSSR count). The molecule has 156 valence electrons. The fourth-order valence-corrected chi connectivity index (χ4v) is 2.51. The number of carbonyl (C=O) groups is 3. The SMILES string of the molecule is Cc1cc(NC(=O)[C@@H](C)OC(=O)C2CCN(C(=O)OCC(F)(F)F)CC2)no1. The van der Waals surface area contributed by atoms with Crippen LogP contribution in [-0.2, 0) is 19.1 Å². The minimum atomic E-state index is -4.60. The van der Waals surface area contributed by atoms with Gasteiger partial charge in [0.05, 0.1) is 5.92 Å². The molecule has 12 heteroatoms. The van der Waals surface area contributed by atoms with Crippen molar-refractivity contribution in [2.45, 2.75) is 39.0 Å². The smallest absolute Gasteiger partial charge is 0.422 e. The maximum atomic E-state index is 12.2. The van der Waals surface area contributed by atoms with E-state index in [0.717, 1.165) is 4.90 Å². The number of amides is 2. The van der Waals surface area contributed by atoms with Gasteiger partial charge in [-0.1, -0.05) is 5.16 Å². The molecule has 0 aromatic carbocycles. The number of alkyl halides is 3. The maximum absolute atomic E-state index is 12.2. The van der Waals surface area contributed by atoms with Crippen LogP contribution in [0.15, 0.2) is 10.6 Å². The van der Waals surface area contributed by atoms with Crippen molar-refractivity contribution in [1.82, 2.24) is 10.1 Å². The standard InChI is InChI=1S/C16H20F3N3O6/c1-9-7-12(21-28-9)20-13(23)10(2)27-14(24)11-3-5-22(6-4-11)15(25)26-8-16(17,18)19/h7,10-11H,3-6,8H2,1-2H3,(H,20,21,23)/t10-/m1/s1. The number of anilines is 1. The zero-order chi connectivity index (χ0) is 20.9. The summed E-state index contributed by atoms with van der Waals surface area (Å²) in [6.45, 7) is 1.48. The number of ether oxygens (including phenoxy) is 2. The van der Waals surface area contributed by atoms with E-state index in [2.05, 4.69) is 15.2 Å². The third kappa shape index (κ3) is 6.43. The van der Waals surface area contributed by atoms with Crippen molar-refractivity contribution < 1.29 is 41.6 Å². The molecular formula is C16H20F3N3O6. The molecule has 0 bridgehead atoms. The van der Waals surface area contributed by atoms with E-state index in [-0.39, 0.29) is 31.7 Å². The molecule has 1 saturated heterocycles. The predicted molar refractivity (Wildman–Crippen MR) is 87.1 cm³/mol. The monoisotopic (exact) mass is 407 g/mol. The Balaban J connectivity index is 1.75. The van der Waals surface area contributed by atoms with E-state index in [4.69, 9.17) is 9.26 Å². The van der Waals surface area contributed by atoms with Crippen LogP contribution in [0.1, 0.15) is 25.5 Å². The number of rotatable bonds is 5. The Morgan fingerprint density at radius 1 is 1.36 bits per heavy atom. The van der Waals surface area contributed by atoms with Crippen molar-refractivity contribution in [3.05, 3.63) is 11.8 Å². The Hall–Kier alpha value is -2.79. The highest BCUT2D eigenvalue weighted by Crippen LogP contribution is 2.21. The lowest BCUT2D eigenvalue weighted by atomic mass is 9.97. The molecule has 1 aromatic heterocycles. The third-order valence-electron chi connectivity index (χ3n) is 3.99. The first-order valence-electron chi connectivity index (χ1n) is 8.48. The summed E-state index contributed by atoms with van der Waals surface area (Å²) in [4.78, 5) is 36.9. The van der Waals surface area contributed by atoms with Crippen molar-refractivity contribution in [3.8, 4) is 0 Å². The van der Waals surface area contributed by atoms with E-state index in [1.165, 1.54) is 13.0 Å². The number of nitrogens with zero attached hydrogens (tertiary/aromatic N) is 2. The number of halogens is 3. The van der Waals surface area contributed by atoms with Crippen molar-refractivity contribution in [1.29, 1.82) is 0 Å². The average Bonchev–Trinajstić information content (AvgIpc) is 3.03. The average molecular weight is 407 g/mol. The fourth-order valence-electron chi connectivity index (χ4n) is 2.51. The number of piperidine rings is 1. The summed E-state index contributed by atoms with van der Waals surface area (Å²) >= 11 is 0. The van der Waals surface area contributed by atoms with Crippen LogP contribution in [0.4, 0.5) is 23.8 Å². The molecule has 1 aliphatic rings. The highest BCUT2D eigenvalue weighted by atomic mass is 19.4. The molecule has 1 N–H and O–H groups in total. The number of carbonyl (C=O) groups excluding carboxylic acids is 3. The van der Waals surface area contributed by atoms with Crippen molar-refractivity contribution in [3.63, 3.8) is 0 Å². The Morgan fingerprint density at radius 3 is 2.54 bits per heavy atom. The highest BCUT2D eigenvalue weighted by molar-refractivity contribution is 5.94. The molecule has 1 fully saturated rings. The number of esters is 1. The number of nitrogens with one attached hydrogen (secondary N) is 1. The Kier molecular flexibility index (Phi) is 6.86. The molecular weight excluding hydrogens is 387 g/mol. The number of hydrogen-bond donors (Lipinski definition) is 1. The van der Waals surface area contributed by atoms with Gasteiger partial charge in [-0.2, -0.15) is 13.2 Å². The van der Waals surface area contributed by atoms with Crippen LogP contribution in [0.5, 0.6) is 0 Å². The van der Waals surface area contributed by atoms with Gasteiger partial charge in [0.15, 0.2) is 18.5 Å². The summed E-state index contributed by atoms with van der Waals surface area (Å²) in [6.07, 6.45) is -6.38. The molecule has 0 radical (unpaired) electrons. The topological polar surface area (TPSA) is 111 Å². The van der Waals surface area contributed by atoms with Crippen LogP contribution < -0.4 is 5.32 Å². The molecule has 9 nitrogen and oxygen atoms in total. The number of likely N-dealkylation sites (tertiary alicyclic amines) is 1. The highest BCUT2D eigenvalue weighted by Gasteiger charge is 2.34. The first-order valence-corrected chi connectivity index (χ1v) is 8.48. The first kappa shape index (κ1) is 21.5. The zero-order valence-electron chi connectivity index (χ0n) is 15.2. The van der Waals surface area contributed by atoms with Gasteiger partial charge in [0.1, 0.15) is 5.76 Å².